The number of allylic oxidation sites excluding steroid dienone is 3. The Morgan fingerprint density at radius 1 is 1.40 bits per heavy atom. The predicted molar refractivity (Wildman–Crippen MR) is 60.4 cm³/mol. The third-order valence-electron chi connectivity index (χ3n) is 4.35. The summed E-state index contributed by atoms with van der Waals surface area (Å²) in [5, 5.41) is 3.72. The van der Waals surface area contributed by atoms with Crippen molar-refractivity contribution >= 4 is 0 Å². The summed E-state index contributed by atoms with van der Waals surface area (Å²) in [5.74, 6) is 1.30. The number of rotatable bonds is 1. The summed E-state index contributed by atoms with van der Waals surface area (Å²) in [6.07, 6.45) is 14.0. The molecule has 4 unspecified atom stereocenters. The molecule has 3 aliphatic rings. The quantitative estimate of drug-likeness (QED) is 0.709. The maximum atomic E-state index is 5.80. The number of nitrogens with one attached hydrogen (secondary N) is 1. The number of fused-ring (bicyclic) bond motifs is 5. The van der Waals surface area contributed by atoms with Gasteiger partial charge in [0.05, 0.1) is 0 Å². The van der Waals surface area contributed by atoms with E-state index in [0.29, 0.717) is 12.0 Å². The Bertz CT molecular complexity index is 310. The van der Waals surface area contributed by atoms with Crippen LogP contribution in [-0.4, -0.2) is 18.9 Å². The van der Waals surface area contributed by atoms with E-state index in [2.05, 4.69) is 29.6 Å². The van der Waals surface area contributed by atoms with Gasteiger partial charge in [-0.2, -0.15) is 0 Å². The van der Waals surface area contributed by atoms with Crippen molar-refractivity contribution in [1.29, 1.82) is 0 Å². The molecule has 1 N–H and O–H groups in total. The molecule has 2 nitrogen and oxygen atoms in total. The summed E-state index contributed by atoms with van der Waals surface area (Å²) in [4.78, 5) is 0. The third-order valence-corrected chi connectivity index (χ3v) is 4.35. The molecule has 0 aromatic carbocycles. The molecular weight excluding hydrogens is 186 g/mol. The van der Waals surface area contributed by atoms with E-state index in [-0.39, 0.29) is 5.72 Å². The van der Waals surface area contributed by atoms with Crippen LogP contribution in [-0.2, 0) is 4.74 Å². The first-order chi connectivity index (χ1) is 7.36. The number of piperidine rings is 1. The normalized spacial score (nSPS) is 47.7. The number of hydrogen-bond donors (Lipinski definition) is 1. The van der Waals surface area contributed by atoms with E-state index < -0.39 is 0 Å². The van der Waals surface area contributed by atoms with Crippen LogP contribution < -0.4 is 5.32 Å². The highest BCUT2D eigenvalue weighted by molar-refractivity contribution is 5.19. The Morgan fingerprint density at radius 3 is 3.20 bits per heavy atom. The van der Waals surface area contributed by atoms with Crippen molar-refractivity contribution in [3.05, 3.63) is 24.3 Å². The summed E-state index contributed by atoms with van der Waals surface area (Å²) in [6.45, 7) is 0. The molecule has 1 aliphatic carbocycles. The number of hydrogen-bond acceptors (Lipinski definition) is 2. The Morgan fingerprint density at radius 2 is 2.33 bits per heavy atom. The van der Waals surface area contributed by atoms with Gasteiger partial charge in [-0.25, -0.2) is 0 Å². The fourth-order valence-electron chi connectivity index (χ4n) is 3.63. The second kappa shape index (κ2) is 3.46. The molecule has 3 rings (SSSR count). The average Bonchev–Trinajstić information content (AvgIpc) is 2.50. The summed E-state index contributed by atoms with van der Waals surface area (Å²) >= 11 is 0. The fourth-order valence-corrected chi connectivity index (χ4v) is 3.63. The van der Waals surface area contributed by atoms with Crippen LogP contribution in [0.5, 0.6) is 0 Å². The molecule has 4 atom stereocenters. The van der Waals surface area contributed by atoms with Crippen LogP contribution in [0.1, 0.15) is 25.7 Å². The highest BCUT2D eigenvalue weighted by Crippen LogP contribution is 2.47. The van der Waals surface area contributed by atoms with Crippen molar-refractivity contribution < 1.29 is 4.74 Å². The summed E-state index contributed by atoms with van der Waals surface area (Å²) in [6, 6.07) is 0.663. The molecular formula is C13H19NO. The molecule has 2 fully saturated rings. The van der Waals surface area contributed by atoms with E-state index in [9.17, 15) is 0 Å². The summed E-state index contributed by atoms with van der Waals surface area (Å²) < 4.78 is 5.80. The molecule has 2 aliphatic heterocycles. The van der Waals surface area contributed by atoms with Crippen LogP contribution in [0.3, 0.4) is 0 Å². The highest BCUT2D eigenvalue weighted by Gasteiger charge is 2.53. The zero-order chi connectivity index (χ0) is 10.3. The van der Waals surface area contributed by atoms with Gasteiger partial charge in [0.25, 0.3) is 0 Å². The molecule has 0 amide bonds. The smallest absolute Gasteiger partial charge is 0.125 e. The lowest BCUT2D eigenvalue weighted by Gasteiger charge is -2.36. The second-order valence-electron chi connectivity index (χ2n) is 4.98. The number of ether oxygens (including phenoxy) is 1. The summed E-state index contributed by atoms with van der Waals surface area (Å²) in [7, 11) is 1.85. The molecule has 0 radical (unpaired) electrons. The Hall–Kier alpha value is -0.600. The minimum absolute atomic E-state index is 0.0594. The van der Waals surface area contributed by atoms with Crippen molar-refractivity contribution in [2.75, 3.05) is 7.11 Å². The van der Waals surface area contributed by atoms with Gasteiger partial charge in [-0.15, -0.1) is 0 Å². The van der Waals surface area contributed by atoms with Crippen LogP contribution in [0.4, 0.5) is 0 Å². The lowest BCUT2D eigenvalue weighted by molar-refractivity contribution is -0.0673. The van der Waals surface area contributed by atoms with Crippen molar-refractivity contribution in [1.82, 2.24) is 5.32 Å². The van der Waals surface area contributed by atoms with Gasteiger partial charge in [0, 0.05) is 19.1 Å². The van der Waals surface area contributed by atoms with E-state index in [1.165, 1.54) is 19.3 Å². The average molecular weight is 205 g/mol. The monoisotopic (exact) mass is 205 g/mol. The molecule has 0 aromatic heterocycles. The zero-order valence-corrected chi connectivity index (χ0v) is 9.28. The third kappa shape index (κ3) is 1.31. The molecule has 0 spiro atoms. The highest BCUT2D eigenvalue weighted by atomic mass is 16.5. The lowest BCUT2D eigenvalue weighted by Crippen LogP contribution is -2.50. The topological polar surface area (TPSA) is 21.3 Å². The van der Waals surface area contributed by atoms with Crippen molar-refractivity contribution in [3.8, 4) is 0 Å². The van der Waals surface area contributed by atoms with Crippen LogP contribution in [0.2, 0.25) is 0 Å². The van der Waals surface area contributed by atoms with E-state index in [1.54, 1.807) is 0 Å². The van der Waals surface area contributed by atoms with Gasteiger partial charge in [0.1, 0.15) is 5.72 Å². The fraction of sp³-hybridized carbons (Fsp3) is 0.692. The minimum atomic E-state index is -0.0594. The van der Waals surface area contributed by atoms with Gasteiger partial charge in [0.2, 0.25) is 0 Å². The molecule has 15 heavy (non-hydrogen) atoms. The molecule has 2 heteroatoms. The molecule has 2 bridgehead atoms. The van der Waals surface area contributed by atoms with Crippen molar-refractivity contribution in [3.63, 3.8) is 0 Å². The molecule has 2 heterocycles. The van der Waals surface area contributed by atoms with Gasteiger partial charge in [0.15, 0.2) is 0 Å². The van der Waals surface area contributed by atoms with Gasteiger partial charge in [-0.05, 0) is 31.6 Å². The Kier molecular flexibility index (Phi) is 2.22. The van der Waals surface area contributed by atoms with E-state index in [4.69, 9.17) is 4.74 Å². The standard InChI is InChI=1S/C13H19NO/c1-15-13-9-5-8-12(14-13)10-6-3-2-4-7-11(10)13/h2-4,7,10-12,14H,5-6,8-9H2,1H3. The van der Waals surface area contributed by atoms with E-state index in [1.807, 2.05) is 7.11 Å². The van der Waals surface area contributed by atoms with Crippen LogP contribution in [0.15, 0.2) is 24.3 Å². The van der Waals surface area contributed by atoms with Crippen LogP contribution >= 0.6 is 0 Å². The summed E-state index contributed by atoms with van der Waals surface area (Å²) in [5.41, 5.74) is -0.0594. The van der Waals surface area contributed by atoms with E-state index in [0.717, 1.165) is 12.3 Å². The van der Waals surface area contributed by atoms with Crippen LogP contribution in [0.25, 0.3) is 0 Å². The van der Waals surface area contributed by atoms with Gasteiger partial charge in [-0.3, -0.25) is 5.32 Å². The van der Waals surface area contributed by atoms with Crippen molar-refractivity contribution in [2.24, 2.45) is 11.8 Å². The van der Waals surface area contributed by atoms with Gasteiger partial charge in [-0.1, -0.05) is 24.3 Å². The Labute approximate surface area is 91.4 Å². The molecule has 2 saturated heterocycles. The minimum Gasteiger partial charge on any atom is -0.363 e. The Balaban J connectivity index is 1.97. The largest absolute Gasteiger partial charge is 0.363 e. The van der Waals surface area contributed by atoms with Crippen LogP contribution in [0, 0.1) is 11.8 Å². The van der Waals surface area contributed by atoms with Crippen molar-refractivity contribution in [2.45, 2.75) is 37.5 Å². The first-order valence-electron chi connectivity index (χ1n) is 6.02. The number of methoxy groups -OCH3 is 1. The first-order valence-corrected chi connectivity index (χ1v) is 6.02. The molecule has 0 saturated carbocycles. The molecule has 0 aromatic rings. The maximum Gasteiger partial charge on any atom is 0.125 e. The first kappa shape index (κ1) is 9.61. The van der Waals surface area contributed by atoms with E-state index >= 15 is 0 Å². The zero-order valence-electron chi connectivity index (χ0n) is 9.28. The molecule has 82 valence electrons. The maximum absolute atomic E-state index is 5.80. The lowest BCUT2D eigenvalue weighted by atomic mass is 9.84. The predicted octanol–water partition coefficient (Wildman–Crippen LogP) is 2.23. The SMILES string of the molecule is COC12CCCC(N1)C1CC=CC=CC12. The van der Waals surface area contributed by atoms with Gasteiger partial charge < -0.3 is 4.74 Å². The van der Waals surface area contributed by atoms with Gasteiger partial charge >= 0.3 is 0 Å². The second-order valence-corrected chi connectivity index (χ2v) is 4.98.